The average molecular weight is 136 g/mol. The predicted octanol–water partition coefficient (Wildman–Crippen LogP) is 0.957. The number of quaternary nitrogens is 1. The number of likely N-dealkylation sites (N-methyl/N-ethyl adjacent to an activating group) is 1. The van der Waals surface area contributed by atoms with Crippen LogP contribution in [0.3, 0.4) is 0 Å². The summed E-state index contributed by atoms with van der Waals surface area (Å²) in [6, 6.07) is 0. The lowest BCUT2D eigenvalue weighted by atomic mass is 10.5. The van der Waals surface area contributed by atoms with Crippen molar-refractivity contribution in [3.8, 4) is 0 Å². The van der Waals surface area contributed by atoms with E-state index in [4.69, 9.17) is 5.11 Å². The molecule has 0 aromatic heterocycles. The maximum Gasteiger partial charge on any atom is 0.101 e. The number of hydrogen-bond donors (Lipinski definition) is 1. The first-order valence-electron chi connectivity index (χ1n) is 2.47. The van der Waals surface area contributed by atoms with Crippen LogP contribution in [0.2, 0.25) is 0 Å². The zero-order chi connectivity index (χ0) is 5.91. The van der Waals surface area contributed by atoms with Crippen molar-refractivity contribution in [3.05, 3.63) is 0 Å². The minimum absolute atomic E-state index is 0. The van der Waals surface area contributed by atoms with Gasteiger partial charge in [0.05, 0.1) is 27.7 Å². The van der Waals surface area contributed by atoms with Crippen LogP contribution in [0.1, 0.15) is 14.9 Å². The smallest absolute Gasteiger partial charge is 0.101 e. The van der Waals surface area contributed by atoms with Gasteiger partial charge in [0.2, 0.25) is 0 Å². The van der Waals surface area contributed by atoms with Crippen LogP contribution in [0.15, 0.2) is 0 Å². The van der Waals surface area contributed by atoms with Crippen molar-refractivity contribution in [1.82, 2.24) is 0 Å². The fourth-order valence-corrected chi connectivity index (χ4v) is 0.300. The van der Waals surface area contributed by atoms with Gasteiger partial charge in [0.25, 0.3) is 0 Å². The Balaban J connectivity index is -0.000000180. The molecule has 0 fully saturated rings. The first kappa shape index (κ1) is 16.0. The Morgan fingerprint density at radius 3 is 1.44 bits per heavy atom. The second kappa shape index (κ2) is 6.05. The van der Waals surface area contributed by atoms with E-state index in [2.05, 4.69) is 21.1 Å². The highest BCUT2D eigenvalue weighted by Gasteiger charge is 2.02. The summed E-state index contributed by atoms with van der Waals surface area (Å²) in [7, 11) is 6.16. The van der Waals surface area contributed by atoms with E-state index in [0.717, 1.165) is 11.0 Å². The molecule has 0 radical (unpaired) electrons. The van der Waals surface area contributed by atoms with Gasteiger partial charge in [-0.3, -0.25) is 0 Å². The van der Waals surface area contributed by atoms with Crippen LogP contribution in [-0.4, -0.2) is 43.9 Å². The summed E-state index contributed by atoms with van der Waals surface area (Å²) in [4.78, 5) is 0. The van der Waals surface area contributed by atoms with Crippen LogP contribution in [0.5, 0.6) is 0 Å². The molecule has 0 saturated heterocycles. The number of hydrogen-bond acceptors (Lipinski definition) is 1. The molecular formula is C7H22NO+. The maximum atomic E-state index is 8.39. The van der Waals surface area contributed by atoms with Crippen LogP contribution in [0, 0.1) is 0 Å². The molecule has 0 aliphatic heterocycles. The molecule has 0 heterocycles. The molecule has 1 N–H and O–H groups in total. The van der Waals surface area contributed by atoms with Crippen molar-refractivity contribution in [1.29, 1.82) is 0 Å². The highest BCUT2D eigenvalue weighted by atomic mass is 16.3. The third-order valence-corrected chi connectivity index (χ3v) is 0.771. The van der Waals surface area contributed by atoms with Crippen LogP contribution >= 0.6 is 0 Å². The fourth-order valence-electron chi connectivity index (χ4n) is 0.300. The number of nitrogens with zero attached hydrogens (tertiary/aromatic N) is 1. The van der Waals surface area contributed by atoms with Gasteiger partial charge < -0.3 is 9.59 Å². The molecular weight excluding hydrogens is 114 g/mol. The molecule has 0 saturated carbocycles. The van der Waals surface area contributed by atoms with Gasteiger partial charge in [-0.05, 0) is 0 Å². The van der Waals surface area contributed by atoms with Crippen molar-refractivity contribution in [3.63, 3.8) is 0 Å². The summed E-state index contributed by atoms with van der Waals surface area (Å²) in [6.07, 6.45) is 0. The summed E-state index contributed by atoms with van der Waals surface area (Å²) in [6.45, 7) is 1.11. The number of aliphatic hydroxyl groups is 1. The van der Waals surface area contributed by atoms with Crippen LogP contribution in [0.25, 0.3) is 0 Å². The van der Waals surface area contributed by atoms with Crippen molar-refractivity contribution < 1.29 is 9.59 Å². The normalized spacial score (nSPS) is 9.33. The topological polar surface area (TPSA) is 20.2 Å². The van der Waals surface area contributed by atoms with Gasteiger partial charge >= 0.3 is 0 Å². The lowest BCUT2D eigenvalue weighted by molar-refractivity contribution is -0.870. The molecule has 0 bridgehead atoms. The molecule has 0 amide bonds. The van der Waals surface area contributed by atoms with E-state index in [9.17, 15) is 0 Å². The first-order valence-corrected chi connectivity index (χ1v) is 2.47. The summed E-state index contributed by atoms with van der Waals surface area (Å²) >= 11 is 0. The minimum Gasteiger partial charge on any atom is -0.391 e. The molecule has 9 heavy (non-hydrogen) atoms. The van der Waals surface area contributed by atoms with Gasteiger partial charge in [0.1, 0.15) is 6.54 Å². The van der Waals surface area contributed by atoms with Crippen molar-refractivity contribution in [2.45, 2.75) is 14.9 Å². The standard InChI is InChI=1S/C5H14NO.2CH4/c1-6(2,3)4-5-7;;/h7H,4-5H2,1-3H3;2*1H4/q+1;;. The zero-order valence-corrected chi connectivity index (χ0v) is 5.31. The molecule has 0 aliphatic carbocycles. The summed E-state index contributed by atoms with van der Waals surface area (Å²) in [5.74, 6) is 0. The second-order valence-corrected chi connectivity index (χ2v) is 2.74. The predicted molar refractivity (Wildman–Crippen MR) is 43.4 cm³/mol. The third kappa shape index (κ3) is 18.1. The third-order valence-electron chi connectivity index (χ3n) is 0.771. The Labute approximate surface area is 59.7 Å². The fraction of sp³-hybridized carbons (Fsp3) is 1.00. The Morgan fingerprint density at radius 2 is 1.44 bits per heavy atom. The van der Waals surface area contributed by atoms with Gasteiger partial charge in [-0.2, -0.15) is 0 Å². The largest absolute Gasteiger partial charge is 0.391 e. The molecule has 0 aliphatic rings. The SMILES string of the molecule is C.C.C[N+](C)(C)CCO. The van der Waals surface area contributed by atoms with Crippen molar-refractivity contribution in [2.24, 2.45) is 0 Å². The second-order valence-electron chi connectivity index (χ2n) is 2.74. The van der Waals surface area contributed by atoms with Gasteiger partial charge in [0.15, 0.2) is 0 Å². The van der Waals surface area contributed by atoms with Gasteiger partial charge in [-0.1, -0.05) is 14.9 Å². The zero-order valence-electron chi connectivity index (χ0n) is 5.31. The highest BCUT2D eigenvalue weighted by Crippen LogP contribution is 1.84. The molecule has 0 spiro atoms. The van der Waals surface area contributed by atoms with Crippen LogP contribution in [0.4, 0.5) is 0 Å². The molecule has 2 heteroatoms. The highest BCUT2D eigenvalue weighted by molar-refractivity contribution is 4.19. The van der Waals surface area contributed by atoms with Gasteiger partial charge in [-0.25, -0.2) is 0 Å². The molecule has 0 aromatic rings. The van der Waals surface area contributed by atoms with E-state index in [1.165, 1.54) is 0 Å². The van der Waals surface area contributed by atoms with E-state index < -0.39 is 0 Å². The molecule has 60 valence electrons. The number of rotatable bonds is 2. The summed E-state index contributed by atoms with van der Waals surface area (Å²) in [5, 5.41) is 8.39. The number of aliphatic hydroxyl groups excluding tert-OH is 1. The minimum atomic E-state index is 0. The lowest BCUT2D eigenvalue weighted by Crippen LogP contribution is -2.36. The Morgan fingerprint density at radius 1 is 1.11 bits per heavy atom. The average Bonchev–Trinajstić information content (AvgIpc) is 1.30. The van der Waals surface area contributed by atoms with E-state index in [1.54, 1.807) is 0 Å². The quantitative estimate of drug-likeness (QED) is 0.561. The molecule has 0 aromatic carbocycles. The molecule has 0 atom stereocenters. The van der Waals surface area contributed by atoms with Crippen molar-refractivity contribution in [2.75, 3.05) is 34.3 Å². The van der Waals surface area contributed by atoms with Gasteiger partial charge in [0, 0.05) is 0 Å². The van der Waals surface area contributed by atoms with Crippen molar-refractivity contribution >= 4 is 0 Å². The monoisotopic (exact) mass is 136 g/mol. The van der Waals surface area contributed by atoms with E-state index >= 15 is 0 Å². The van der Waals surface area contributed by atoms with E-state index in [0.29, 0.717) is 0 Å². The molecule has 0 rings (SSSR count). The maximum absolute atomic E-state index is 8.39. The van der Waals surface area contributed by atoms with E-state index in [-0.39, 0.29) is 21.5 Å². The first-order chi connectivity index (χ1) is 3.06. The Hall–Kier alpha value is -0.0800. The summed E-state index contributed by atoms with van der Waals surface area (Å²) in [5.41, 5.74) is 0. The molecule has 0 unspecified atom stereocenters. The summed E-state index contributed by atoms with van der Waals surface area (Å²) < 4.78 is 0.844. The van der Waals surface area contributed by atoms with E-state index in [1.807, 2.05) is 0 Å². The van der Waals surface area contributed by atoms with Gasteiger partial charge in [-0.15, -0.1) is 0 Å². The lowest BCUT2D eigenvalue weighted by Gasteiger charge is -2.21. The van der Waals surface area contributed by atoms with Crippen LogP contribution in [-0.2, 0) is 0 Å². The molecule has 2 nitrogen and oxygen atoms in total. The Kier molecular flexibility index (Phi) is 10.7. The van der Waals surface area contributed by atoms with Crippen LogP contribution < -0.4 is 0 Å². The Bertz CT molecular complexity index is 47.4.